The minimum atomic E-state index is 0.696. The Hall–Kier alpha value is -0.770. The van der Waals surface area contributed by atoms with Crippen LogP contribution in [0.1, 0.15) is 19.4 Å². The molecule has 0 bridgehead atoms. The lowest BCUT2D eigenvalue weighted by molar-refractivity contribution is 0.550. The number of nitrogens with one attached hydrogen (secondary N) is 1. The Morgan fingerprint density at radius 3 is 2.72 bits per heavy atom. The summed E-state index contributed by atoms with van der Waals surface area (Å²) < 4.78 is 1.35. The molecule has 1 aromatic heterocycles. The zero-order valence-electron chi connectivity index (χ0n) is 10.8. The molecule has 18 heavy (non-hydrogen) atoms. The fourth-order valence-electron chi connectivity index (χ4n) is 1.67. The summed E-state index contributed by atoms with van der Waals surface area (Å²) in [5.41, 5.74) is 1.39. The molecule has 0 amide bonds. The molecule has 2 rings (SSSR count). The van der Waals surface area contributed by atoms with E-state index in [4.69, 9.17) is 0 Å². The van der Waals surface area contributed by atoms with Gasteiger partial charge in [0.2, 0.25) is 0 Å². The Morgan fingerprint density at radius 1 is 1.17 bits per heavy atom. The second-order valence-electron chi connectivity index (χ2n) is 4.67. The van der Waals surface area contributed by atoms with Crippen molar-refractivity contribution < 1.29 is 0 Å². The van der Waals surface area contributed by atoms with Crippen molar-refractivity contribution in [2.24, 2.45) is 5.92 Å². The molecule has 0 atom stereocenters. The van der Waals surface area contributed by atoms with Crippen LogP contribution < -0.4 is 5.32 Å². The van der Waals surface area contributed by atoms with Crippen LogP contribution in [0.2, 0.25) is 0 Å². The molecule has 0 unspecified atom stereocenters. The Labute approximate surface area is 118 Å². The van der Waals surface area contributed by atoms with E-state index in [1.807, 2.05) is 11.8 Å². The van der Waals surface area contributed by atoms with Gasteiger partial charge in [-0.15, -0.1) is 11.3 Å². The zero-order chi connectivity index (χ0) is 12.8. The van der Waals surface area contributed by atoms with Crippen LogP contribution in [0.25, 0.3) is 0 Å². The first-order valence-electron chi connectivity index (χ1n) is 6.25. The van der Waals surface area contributed by atoms with Gasteiger partial charge in [-0.25, -0.2) is 0 Å². The van der Waals surface area contributed by atoms with E-state index >= 15 is 0 Å². The Morgan fingerprint density at radius 2 is 2.00 bits per heavy atom. The highest BCUT2D eigenvalue weighted by atomic mass is 32.2. The molecule has 1 aromatic carbocycles. The maximum Gasteiger partial charge on any atom is 0.0646 e. The average molecular weight is 277 g/mol. The van der Waals surface area contributed by atoms with Crippen molar-refractivity contribution in [2.45, 2.75) is 29.5 Å². The number of thiophene rings is 1. The first-order chi connectivity index (χ1) is 8.75. The van der Waals surface area contributed by atoms with Gasteiger partial charge in [0.05, 0.1) is 4.21 Å². The first kappa shape index (κ1) is 13.7. The fraction of sp³-hybridized carbons (Fsp3) is 0.333. The maximum atomic E-state index is 3.51. The second kappa shape index (κ2) is 6.98. The van der Waals surface area contributed by atoms with Gasteiger partial charge in [-0.1, -0.05) is 49.9 Å². The van der Waals surface area contributed by atoms with E-state index in [0.717, 1.165) is 13.1 Å². The molecule has 0 saturated heterocycles. The third-order valence-corrected chi connectivity index (χ3v) is 4.70. The predicted octanol–water partition coefficient (Wildman–Crippen LogP) is 4.64. The summed E-state index contributed by atoms with van der Waals surface area (Å²) in [5.74, 6) is 0.696. The van der Waals surface area contributed by atoms with Crippen LogP contribution in [-0.4, -0.2) is 6.54 Å². The highest BCUT2D eigenvalue weighted by Gasteiger charge is 2.04. The molecule has 1 nitrogen and oxygen atoms in total. The summed E-state index contributed by atoms with van der Waals surface area (Å²) in [6.45, 7) is 6.49. The summed E-state index contributed by atoms with van der Waals surface area (Å²) in [4.78, 5) is 1.36. The molecular formula is C15H19NS2. The van der Waals surface area contributed by atoms with E-state index in [0.29, 0.717) is 5.92 Å². The molecule has 0 radical (unpaired) electrons. The number of rotatable bonds is 6. The molecule has 3 heteroatoms. The molecule has 96 valence electrons. The minimum Gasteiger partial charge on any atom is -0.312 e. The molecule has 0 saturated carbocycles. The van der Waals surface area contributed by atoms with Crippen LogP contribution in [0.15, 0.2) is 50.9 Å². The summed E-state index contributed by atoms with van der Waals surface area (Å²) in [6.07, 6.45) is 0. The van der Waals surface area contributed by atoms with Crippen LogP contribution in [0.5, 0.6) is 0 Å². The van der Waals surface area contributed by atoms with Crippen molar-refractivity contribution in [3.05, 3.63) is 47.3 Å². The molecule has 0 aliphatic rings. The molecule has 0 fully saturated rings. The van der Waals surface area contributed by atoms with Gasteiger partial charge in [0.15, 0.2) is 0 Å². The zero-order valence-corrected chi connectivity index (χ0v) is 12.5. The summed E-state index contributed by atoms with van der Waals surface area (Å²) in [6, 6.07) is 12.9. The minimum absolute atomic E-state index is 0.696. The standard InChI is InChI=1S/C15H19NS2/c1-12(2)10-16-11-13-6-3-4-7-14(13)18-15-8-5-9-17-15/h3-9,12,16H,10-11H2,1-2H3. The van der Waals surface area contributed by atoms with Crippen LogP contribution in [0.3, 0.4) is 0 Å². The summed E-state index contributed by atoms with van der Waals surface area (Å²) in [5, 5.41) is 5.64. The average Bonchev–Trinajstić information content (AvgIpc) is 2.84. The monoisotopic (exact) mass is 277 g/mol. The summed E-state index contributed by atoms with van der Waals surface area (Å²) >= 11 is 3.66. The van der Waals surface area contributed by atoms with Gasteiger partial charge in [0.25, 0.3) is 0 Å². The SMILES string of the molecule is CC(C)CNCc1ccccc1Sc1cccs1. The largest absolute Gasteiger partial charge is 0.312 e. The van der Waals surface area contributed by atoms with E-state index in [9.17, 15) is 0 Å². The Balaban J connectivity index is 2.01. The van der Waals surface area contributed by atoms with Crippen molar-refractivity contribution in [3.63, 3.8) is 0 Å². The number of hydrogen-bond donors (Lipinski definition) is 1. The second-order valence-corrected chi connectivity index (χ2v) is 6.96. The van der Waals surface area contributed by atoms with E-state index in [1.54, 1.807) is 11.3 Å². The van der Waals surface area contributed by atoms with Gasteiger partial charge in [-0.05, 0) is 35.5 Å². The molecular weight excluding hydrogens is 258 g/mol. The quantitative estimate of drug-likeness (QED) is 0.825. The van der Waals surface area contributed by atoms with Crippen LogP contribution in [0, 0.1) is 5.92 Å². The lowest BCUT2D eigenvalue weighted by atomic mass is 10.2. The fourth-order valence-corrected chi connectivity index (χ4v) is 3.53. The van der Waals surface area contributed by atoms with E-state index in [-0.39, 0.29) is 0 Å². The smallest absolute Gasteiger partial charge is 0.0646 e. The van der Waals surface area contributed by atoms with Crippen molar-refractivity contribution in [1.82, 2.24) is 5.32 Å². The van der Waals surface area contributed by atoms with E-state index < -0.39 is 0 Å². The van der Waals surface area contributed by atoms with Gasteiger partial charge < -0.3 is 5.32 Å². The molecule has 0 aliphatic carbocycles. The van der Waals surface area contributed by atoms with Crippen molar-refractivity contribution in [2.75, 3.05) is 6.54 Å². The van der Waals surface area contributed by atoms with Gasteiger partial charge in [-0.2, -0.15) is 0 Å². The van der Waals surface area contributed by atoms with Crippen molar-refractivity contribution >= 4 is 23.1 Å². The molecule has 2 aromatic rings. The first-order valence-corrected chi connectivity index (χ1v) is 7.95. The van der Waals surface area contributed by atoms with E-state index in [1.165, 1.54) is 14.7 Å². The van der Waals surface area contributed by atoms with Crippen LogP contribution in [-0.2, 0) is 6.54 Å². The predicted molar refractivity (Wildman–Crippen MR) is 81.4 cm³/mol. The third kappa shape index (κ3) is 4.16. The van der Waals surface area contributed by atoms with E-state index in [2.05, 4.69) is 60.9 Å². The van der Waals surface area contributed by atoms with Gasteiger partial charge >= 0.3 is 0 Å². The number of hydrogen-bond acceptors (Lipinski definition) is 3. The normalized spacial score (nSPS) is 11.1. The highest BCUT2D eigenvalue weighted by molar-refractivity contribution is 8.01. The lowest BCUT2D eigenvalue weighted by Gasteiger charge is -2.11. The van der Waals surface area contributed by atoms with Crippen molar-refractivity contribution in [3.8, 4) is 0 Å². The van der Waals surface area contributed by atoms with Gasteiger partial charge in [0, 0.05) is 11.4 Å². The molecule has 0 aliphatic heterocycles. The van der Waals surface area contributed by atoms with Gasteiger partial charge in [0.1, 0.15) is 0 Å². The molecule has 0 spiro atoms. The highest BCUT2D eigenvalue weighted by Crippen LogP contribution is 2.33. The Bertz CT molecular complexity index is 463. The maximum absolute atomic E-state index is 3.51. The summed E-state index contributed by atoms with van der Waals surface area (Å²) in [7, 11) is 0. The van der Waals surface area contributed by atoms with Crippen LogP contribution in [0.4, 0.5) is 0 Å². The van der Waals surface area contributed by atoms with Crippen molar-refractivity contribution in [1.29, 1.82) is 0 Å². The molecule has 1 N–H and O–H groups in total. The molecule has 1 heterocycles. The van der Waals surface area contributed by atoms with Crippen LogP contribution >= 0.6 is 23.1 Å². The van der Waals surface area contributed by atoms with Gasteiger partial charge in [-0.3, -0.25) is 0 Å². The lowest BCUT2D eigenvalue weighted by Crippen LogP contribution is -2.19. The topological polar surface area (TPSA) is 12.0 Å². The number of benzene rings is 1. The Kier molecular flexibility index (Phi) is 5.29. The third-order valence-electron chi connectivity index (χ3n) is 2.55.